The molecule has 4 aliphatic heterocycles. The van der Waals surface area contributed by atoms with Crippen LogP contribution in [0.4, 0.5) is 10.1 Å². The van der Waals surface area contributed by atoms with Gasteiger partial charge in [-0.25, -0.2) is 9.82 Å². The number of piperazine rings is 1. The van der Waals surface area contributed by atoms with Crippen LogP contribution in [0.3, 0.4) is 0 Å². The number of nitrogens with zero attached hydrogens (tertiary/aromatic N) is 5. The Kier molecular flexibility index (Phi) is 25.0. The number of likely N-dealkylation sites (tertiary alicyclic amines) is 1. The summed E-state index contributed by atoms with van der Waals surface area (Å²) in [4.78, 5) is 13.2. The number of rotatable bonds is 23. The molecule has 0 amide bonds. The summed E-state index contributed by atoms with van der Waals surface area (Å²) < 4.78 is 16.9. The Bertz CT molecular complexity index is 2480. The number of nitrogens with two attached hydrogens (primary N) is 2. The van der Waals surface area contributed by atoms with Gasteiger partial charge < -0.3 is 31.7 Å². The number of aryl methyl sites for hydroxylation is 2. The standard InChI is InChI=1S/C49H70FN7.C15H26N2.C2H6.CH5N/c1-8-53-54-22-14-11-10-12-16-37-26-38(32-50)28-40(27-37)39-18-19-46-43(29-39)45(31-49(6,7)21-20-35(3)4)48(57(46)9-2)44-30-42(33-52-47(44)36(5)51)56-25-24-55-23-15-13-17-41(55)34-56;1-2-14(13-5-3-4-6-13)17-10-8-15(12-17)7-9-16-11-15;2*1-2/h8,18-19,26-30,33,36,41,53-54H,1,3,9-17,20-25,31-32,34,51H2,2,4-7H3;2,13-14,16H,1,3-12H2;1-2H3;2H2,1H3/t;14?,15-;;/m.0../s1. The molecule has 5 fully saturated rings. The summed E-state index contributed by atoms with van der Waals surface area (Å²) in [5.74, 6) is 0.900. The average molecular weight is 1070 g/mol. The summed E-state index contributed by atoms with van der Waals surface area (Å²) in [6, 6.07) is 16.8. The van der Waals surface area contributed by atoms with E-state index in [1.807, 2.05) is 19.9 Å². The van der Waals surface area contributed by atoms with Crippen molar-refractivity contribution in [3.8, 4) is 22.4 Å². The number of piperidine rings is 1. The average Bonchev–Trinajstić information content (AvgIpc) is 4.47. The number of hydrazine groups is 1. The molecule has 78 heavy (non-hydrogen) atoms. The van der Waals surface area contributed by atoms with Crippen LogP contribution in [0.2, 0.25) is 0 Å². The number of aromatic nitrogens is 2. The molecule has 7 N–H and O–H groups in total. The Balaban J connectivity index is 0.000000390. The maximum Gasteiger partial charge on any atom is 0.115 e. The lowest BCUT2D eigenvalue weighted by molar-refractivity contribution is 0.133. The summed E-state index contributed by atoms with van der Waals surface area (Å²) >= 11 is 0. The van der Waals surface area contributed by atoms with Crippen LogP contribution in [0.1, 0.15) is 173 Å². The summed E-state index contributed by atoms with van der Waals surface area (Å²) in [6.45, 7) is 38.0. The number of allylic oxidation sites excluding steroid dienone is 1. The van der Waals surface area contributed by atoms with Crippen LogP contribution in [-0.4, -0.2) is 97.4 Å². The first-order valence-corrected chi connectivity index (χ1v) is 30.8. The molecule has 4 saturated heterocycles. The number of anilines is 1. The van der Waals surface area contributed by atoms with Gasteiger partial charge in [-0.2, -0.15) is 0 Å². The lowest BCUT2D eigenvalue weighted by Crippen LogP contribution is -2.54. The zero-order valence-corrected chi connectivity index (χ0v) is 50.3. The predicted molar refractivity (Wildman–Crippen MR) is 334 cm³/mol. The molecular formula is C67H107FN10. The van der Waals surface area contributed by atoms with Crippen LogP contribution in [0.5, 0.6) is 0 Å². The van der Waals surface area contributed by atoms with Crippen molar-refractivity contribution in [1.29, 1.82) is 0 Å². The van der Waals surface area contributed by atoms with E-state index < -0.39 is 6.67 Å². The van der Waals surface area contributed by atoms with Gasteiger partial charge in [0.1, 0.15) is 6.67 Å². The van der Waals surface area contributed by atoms with Crippen LogP contribution in [0, 0.1) is 16.7 Å². The molecule has 5 aliphatic rings. The van der Waals surface area contributed by atoms with Crippen LogP contribution in [-0.2, 0) is 26.1 Å². The van der Waals surface area contributed by atoms with E-state index in [0.717, 1.165) is 118 Å². The first-order chi connectivity index (χ1) is 37.8. The number of alkyl halides is 1. The molecule has 0 bridgehead atoms. The minimum absolute atomic E-state index is 0.0208. The maximum absolute atomic E-state index is 14.4. The van der Waals surface area contributed by atoms with Gasteiger partial charge in [0.2, 0.25) is 0 Å². The van der Waals surface area contributed by atoms with E-state index >= 15 is 0 Å². The van der Waals surface area contributed by atoms with E-state index in [1.165, 1.54) is 137 Å². The SMILES string of the molecule is C=CC(C1CCCC1)N1CC[C@]2(CCNC2)C1.C=CNNCCCCCCc1cc(CF)cc(-c2ccc3c(c2)c(CC(C)(C)CCC(=C)C)c(-c2cc(N4CCN5CCCCC5C4)cnc2C(C)N)n3CC)c1.CC.CN. The summed E-state index contributed by atoms with van der Waals surface area (Å²) in [7, 11) is 1.50. The number of pyridine rings is 1. The number of halogens is 1. The third-order valence-electron chi connectivity index (χ3n) is 17.8. The lowest BCUT2D eigenvalue weighted by atomic mass is 9.79. The number of hydrogen-bond donors (Lipinski definition) is 5. The highest BCUT2D eigenvalue weighted by molar-refractivity contribution is 5.95. The number of nitrogens with one attached hydrogen (secondary N) is 3. The van der Waals surface area contributed by atoms with E-state index in [0.29, 0.717) is 17.5 Å². The largest absolute Gasteiger partial charge is 0.367 e. The number of benzene rings is 2. The second-order valence-corrected chi connectivity index (χ2v) is 24.2. The molecule has 11 heteroatoms. The molecule has 1 aliphatic carbocycles. The molecule has 3 unspecified atom stereocenters. The van der Waals surface area contributed by atoms with Crippen molar-refractivity contribution in [2.75, 3.05) is 70.9 Å². The molecule has 1 saturated carbocycles. The van der Waals surface area contributed by atoms with Crippen molar-refractivity contribution >= 4 is 16.6 Å². The molecule has 4 atom stereocenters. The summed E-state index contributed by atoms with van der Waals surface area (Å²) in [5, 5.41) is 4.81. The van der Waals surface area contributed by atoms with Crippen molar-refractivity contribution in [2.24, 2.45) is 28.2 Å². The van der Waals surface area contributed by atoms with Gasteiger partial charge in [-0.3, -0.25) is 14.8 Å². The first-order valence-electron chi connectivity index (χ1n) is 30.8. The predicted octanol–water partition coefficient (Wildman–Crippen LogP) is 13.8. The molecule has 4 aromatic rings. The summed E-state index contributed by atoms with van der Waals surface area (Å²) in [5.41, 5.74) is 30.5. The van der Waals surface area contributed by atoms with Crippen molar-refractivity contribution in [2.45, 2.75) is 189 Å². The first kappa shape index (κ1) is 62.8. The molecule has 2 aromatic heterocycles. The molecule has 10 nitrogen and oxygen atoms in total. The van der Waals surface area contributed by atoms with Gasteiger partial charge in [0.25, 0.3) is 0 Å². The minimum atomic E-state index is -0.469. The van der Waals surface area contributed by atoms with Gasteiger partial charge in [-0.15, -0.1) is 13.2 Å². The monoisotopic (exact) mass is 1070 g/mol. The van der Waals surface area contributed by atoms with Gasteiger partial charge >= 0.3 is 0 Å². The highest BCUT2D eigenvalue weighted by Crippen LogP contribution is 2.44. The van der Waals surface area contributed by atoms with Gasteiger partial charge in [0.05, 0.1) is 23.3 Å². The molecule has 6 heterocycles. The van der Waals surface area contributed by atoms with Gasteiger partial charge in [-0.1, -0.05) is 96.2 Å². The fourth-order valence-corrected chi connectivity index (χ4v) is 13.6. The molecule has 432 valence electrons. The molecule has 0 radical (unpaired) electrons. The van der Waals surface area contributed by atoms with Gasteiger partial charge in [-0.05, 0) is 193 Å². The second kappa shape index (κ2) is 31.0. The minimum Gasteiger partial charge on any atom is -0.367 e. The van der Waals surface area contributed by atoms with E-state index in [4.69, 9.17) is 10.7 Å². The number of unbranched alkanes of at least 4 members (excludes halogenated alkanes) is 3. The third kappa shape index (κ3) is 16.4. The summed E-state index contributed by atoms with van der Waals surface area (Å²) in [6.07, 6.45) is 26.8. The molecule has 2 aromatic carbocycles. The quantitative estimate of drug-likeness (QED) is 0.0281. The molecular weight excluding hydrogens is 964 g/mol. The fourth-order valence-electron chi connectivity index (χ4n) is 13.6. The second-order valence-electron chi connectivity index (χ2n) is 24.2. The number of fused-ring (bicyclic) bond motifs is 2. The van der Waals surface area contributed by atoms with Crippen molar-refractivity contribution in [3.63, 3.8) is 0 Å². The Hall–Kier alpha value is -4.36. The smallest absolute Gasteiger partial charge is 0.115 e. The van der Waals surface area contributed by atoms with Crippen molar-refractivity contribution < 1.29 is 4.39 Å². The van der Waals surface area contributed by atoms with E-state index in [9.17, 15) is 4.39 Å². The normalized spacial score (nSPS) is 20.5. The van der Waals surface area contributed by atoms with E-state index in [2.05, 4.69) is 144 Å². The Morgan fingerprint density at radius 3 is 2.38 bits per heavy atom. The topological polar surface area (TPSA) is 116 Å². The van der Waals surface area contributed by atoms with Gasteiger partial charge in [0.15, 0.2) is 0 Å². The Morgan fingerprint density at radius 1 is 0.936 bits per heavy atom. The Labute approximate surface area is 473 Å². The maximum atomic E-state index is 14.4. The fraction of sp³-hybridized carbons (Fsp3) is 0.627. The van der Waals surface area contributed by atoms with Crippen molar-refractivity contribution in [1.82, 2.24) is 35.5 Å². The van der Waals surface area contributed by atoms with Gasteiger partial charge in [0, 0.05) is 86.6 Å². The Morgan fingerprint density at radius 2 is 1.69 bits per heavy atom. The van der Waals surface area contributed by atoms with Crippen LogP contribution >= 0.6 is 0 Å². The van der Waals surface area contributed by atoms with E-state index in [1.54, 1.807) is 6.20 Å². The molecule has 9 rings (SSSR count). The lowest BCUT2D eigenvalue weighted by Gasteiger charge is -2.45. The highest BCUT2D eigenvalue weighted by Gasteiger charge is 2.43. The van der Waals surface area contributed by atoms with Crippen LogP contribution in [0.15, 0.2) is 86.2 Å². The van der Waals surface area contributed by atoms with Crippen molar-refractivity contribution in [3.05, 3.63) is 109 Å². The third-order valence-corrected chi connectivity index (χ3v) is 17.8. The molecule has 1 spiro atoms. The van der Waals surface area contributed by atoms with Crippen LogP contribution in [0.25, 0.3) is 33.3 Å². The van der Waals surface area contributed by atoms with Crippen LogP contribution < -0.4 is 32.5 Å². The van der Waals surface area contributed by atoms with E-state index in [-0.39, 0.29) is 11.5 Å². The zero-order chi connectivity index (χ0) is 56.2. The highest BCUT2D eigenvalue weighted by atomic mass is 19.1. The number of hydrogen-bond acceptors (Lipinski definition) is 9. The zero-order valence-electron chi connectivity index (χ0n) is 50.3.